The van der Waals surface area contributed by atoms with Crippen molar-refractivity contribution in [2.45, 2.75) is 26.4 Å². The Morgan fingerprint density at radius 1 is 1.19 bits per heavy atom. The molecule has 0 saturated heterocycles. The first kappa shape index (κ1) is 15.3. The number of benzene rings is 1. The molecule has 1 aromatic carbocycles. The molecule has 0 bridgehead atoms. The van der Waals surface area contributed by atoms with E-state index in [9.17, 15) is 9.90 Å². The number of aromatic nitrogens is 1. The van der Waals surface area contributed by atoms with Gasteiger partial charge in [0.25, 0.3) is 5.91 Å². The molecule has 0 aliphatic rings. The van der Waals surface area contributed by atoms with E-state index in [4.69, 9.17) is 0 Å². The maximum absolute atomic E-state index is 12.5. The molecule has 112 valence electrons. The Hall–Kier alpha value is -2.07. The van der Waals surface area contributed by atoms with Gasteiger partial charge >= 0.3 is 0 Å². The third-order valence-corrected chi connectivity index (χ3v) is 3.26. The molecule has 1 N–H and O–H groups in total. The summed E-state index contributed by atoms with van der Waals surface area (Å²) in [4.78, 5) is 14.1. The van der Waals surface area contributed by atoms with E-state index < -0.39 is 5.60 Å². The van der Waals surface area contributed by atoms with Gasteiger partial charge in [-0.1, -0.05) is 0 Å². The fourth-order valence-corrected chi connectivity index (χ4v) is 2.26. The van der Waals surface area contributed by atoms with Gasteiger partial charge in [-0.2, -0.15) is 0 Å². The number of carbonyl (C=O) groups excluding carboxylic acids is 1. The van der Waals surface area contributed by atoms with E-state index in [0.717, 1.165) is 5.69 Å². The number of carbonyl (C=O) groups is 1. The van der Waals surface area contributed by atoms with Gasteiger partial charge in [0.2, 0.25) is 0 Å². The largest absolute Gasteiger partial charge is 0.389 e. The van der Waals surface area contributed by atoms with Crippen LogP contribution in [0.2, 0.25) is 0 Å². The molecule has 21 heavy (non-hydrogen) atoms. The summed E-state index contributed by atoms with van der Waals surface area (Å²) in [5.41, 5.74) is 0.760. The summed E-state index contributed by atoms with van der Waals surface area (Å²) in [6.07, 6.45) is 3.92. The van der Waals surface area contributed by atoms with Crippen molar-refractivity contribution in [3.8, 4) is 5.69 Å². The zero-order valence-corrected chi connectivity index (χ0v) is 12.8. The van der Waals surface area contributed by atoms with Gasteiger partial charge in [0.15, 0.2) is 0 Å². The standard InChI is InChI=1S/C17H22N2O2/c1-4-18(13-17(2,3)21)16(20)14-7-9-15(10-8-14)19-11-5-6-12-19/h5-12,21H,4,13H2,1-3H3. The molecule has 4 nitrogen and oxygen atoms in total. The Kier molecular flexibility index (Phi) is 4.48. The predicted octanol–water partition coefficient (Wildman–Crippen LogP) is 2.71. The van der Waals surface area contributed by atoms with Gasteiger partial charge in [0.05, 0.1) is 5.60 Å². The van der Waals surface area contributed by atoms with Gasteiger partial charge in [-0.05, 0) is 57.2 Å². The normalized spacial score (nSPS) is 11.4. The molecule has 0 unspecified atom stereocenters. The summed E-state index contributed by atoms with van der Waals surface area (Å²) in [5, 5.41) is 9.89. The molecular weight excluding hydrogens is 264 g/mol. The highest BCUT2D eigenvalue weighted by molar-refractivity contribution is 5.94. The molecule has 0 radical (unpaired) electrons. The van der Waals surface area contributed by atoms with Crippen LogP contribution in [0.4, 0.5) is 0 Å². The van der Waals surface area contributed by atoms with Crippen molar-refractivity contribution in [3.63, 3.8) is 0 Å². The van der Waals surface area contributed by atoms with Crippen molar-refractivity contribution >= 4 is 5.91 Å². The van der Waals surface area contributed by atoms with Crippen molar-refractivity contribution in [2.75, 3.05) is 13.1 Å². The van der Waals surface area contributed by atoms with Crippen LogP contribution in [0.15, 0.2) is 48.8 Å². The molecule has 1 heterocycles. The van der Waals surface area contributed by atoms with Gasteiger partial charge in [0, 0.05) is 36.7 Å². The first-order chi connectivity index (χ1) is 9.90. The van der Waals surface area contributed by atoms with E-state index in [1.165, 1.54) is 0 Å². The number of hydrogen-bond donors (Lipinski definition) is 1. The number of amides is 1. The van der Waals surface area contributed by atoms with Crippen LogP contribution in [0.1, 0.15) is 31.1 Å². The van der Waals surface area contributed by atoms with Crippen molar-refractivity contribution in [2.24, 2.45) is 0 Å². The quantitative estimate of drug-likeness (QED) is 0.918. The summed E-state index contributed by atoms with van der Waals surface area (Å²) in [5.74, 6) is -0.0568. The fourth-order valence-electron chi connectivity index (χ4n) is 2.26. The summed E-state index contributed by atoms with van der Waals surface area (Å²) in [6.45, 7) is 6.22. The molecule has 0 aliphatic carbocycles. The lowest BCUT2D eigenvalue weighted by atomic mass is 10.1. The maximum Gasteiger partial charge on any atom is 0.253 e. The van der Waals surface area contributed by atoms with E-state index in [0.29, 0.717) is 18.7 Å². The average molecular weight is 286 g/mol. The van der Waals surface area contributed by atoms with Crippen molar-refractivity contribution in [1.82, 2.24) is 9.47 Å². The van der Waals surface area contributed by atoms with Gasteiger partial charge in [-0.25, -0.2) is 0 Å². The van der Waals surface area contributed by atoms with Crippen LogP contribution < -0.4 is 0 Å². The Morgan fingerprint density at radius 2 is 1.76 bits per heavy atom. The molecule has 0 fully saturated rings. The van der Waals surface area contributed by atoms with Crippen LogP contribution in [0.25, 0.3) is 5.69 Å². The average Bonchev–Trinajstić information content (AvgIpc) is 2.97. The zero-order chi connectivity index (χ0) is 15.5. The van der Waals surface area contributed by atoms with Gasteiger partial charge in [0.1, 0.15) is 0 Å². The van der Waals surface area contributed by atoms with E-state index in [1.54, 1.807) is 18.7 Å². The SMILES string of the molecule is CCN(CC(C)(C)O)C(=O)c1ccc(-n2cccc2)cc1. The van der Waals surface area contributed by atoms with Gasteiger partial charge in [-0.15, -0.1) is 0 Å². The number of rotatable bonds is 5. The summed E-state index contributed by atoms with van der Waals surface area (Å²) < 4.78 is 1.99. The number of likely N-dealkylation sites (N-methyl/N-ethyl adjacent to an activating group) is 1. The van der Waals surface area contributed by atoms with E-state index in [1.807, 2.05) is 60.3 Å². The minimum Gasteiger partial charge on any atom is -0.389 e. The van der Waals surface area contributed by atoms with Crippen LogP contribution in [0, 0.1) is 0 Å². The number of aliphatic hydroxyl groups is 1. The second kappa shape index (κ2) is 6.14. The monoisotopic (exact) mass is 286 g/mol. The second-order valence-electron chi connectivity index (χ2n) is 5.77. The second-order valence-corrected chi connectivity index (χ2v) is 5.77. The molecule has 1 aromatic heterocycles. The third-order valence-electron chi connectivity index (χ3n) is 3.26. The van der Waals surface area contributed by atoms with Crippen LogP contribution in [0.5, 0.6) is 0 Å². The van der Waals surface area contributed by atoms with Crippen molar-refractivity contribution < 1.29 is 9.90 Å². The molecule has 0 saturated carbocycles. The maximum atomic E-state index is 12.5. The lowest BCUT2D eigenvalue weighted by Crippen LogP contribution is -2.42. The Balaban J connectivity index is 2.15. The van der Waals surface area contributed by atoms with Crippen molar-refractivity contribution in [1.29, 1.82) is 0 Å². The van der Waals surface area contributed by atoms with E-state index >= 15 is 0 Å². The van der Waals surface area contributed by atoms with Crippen LogP contribution in [-0.4, -0.2) is 39.2 Å². The summed E-state index contributed by atoms with van der Waals surface area (Å²) in [6, 6.07) is 11.4. The molecule has 1 amide bonds. The summed E-state index contributed by atoms with van der Waals surface area (Å²) >= 11 is 0. The molecule has 4 heteroatoms. The van der Waals surface area contributed by atoms with E-state index in [-0.39, 0.29) is 5.91 Å². The molecular formula is C17H22N2O2. The predicted molar refractivity (Wildman–Crippen MR) is 83.6 cm³/mol. The molecule has 2 aromatic rings. The molecule has 0 spiro atoms. The van der Waals surface area contributed by atoms with Crippen LogP contribution >= 0.6 is 0 Å². The van der Waals surface area contributed by atoms with Gasteiger partial charge in [-0.3, -0.25) is 4.79 Å². The first-order valence-corrected chi connectivity index (χ1v) is 7.16. The van der Waals surface area contributed by atoms with E-state index in [2.05, 4.69) is 0 Å². The van der Waals surface area contributed by atoms with Crippen LogP contribution in [-0.2, 0) is 0 Å². The highest BCUT2D eigenvalue weighted by Gasteiger charge is 2.22. The Bertz CT molecular complexity index is 580. The smallest absolute Gasteiger partial charge is 0.253 e. The first-order valence-electron chi connectivity index (χ1n) is 7.16. The highest BCUT2D eigenvalue weighted by Crippen LogP contribution is 2.13. The number of hydrogen-bond acceptors (Lipinski definition) is 2. The lowest BCUT2D eigenvalue weighted by molar-refractivity contribution is 0.0314. The van der Waals surface area contributed by atoms with Crippen LogP contribution in [0.3, 0.4) is 0 Å². The third kappa shape index (κ3) is 3.95. The van der Waals surface area contributed by atoms with Crippen molar-refractivity contribution in [3.05, 3.63) is 54.4 Å². The minimum absolute atomic E-state index is 0.0568. The summed E-state index contributed by atoms with van der Waals surface area (Å²) in [7, 11) is 0. The minimum atomic E-state index is -0.892. The topological polar surface area (TPSA) is 45.5 Å². The highest BCUT2D eigenvalue weighted by atomic mass is 16.3. The number of nitrogens with zero attached hydrogens (tertiary/aromatic N) is 2. The zero-order valence-electron chi connectivity index (χ0n) is 12.8. The fraction of sp³-hybridized carbons (Fsp3) is 0.353. The Morgan fingerprint density at radius 3 is 2.24 bits per heavy atom. The lowest BCUT2D eigenvalue weighted by Gasteiger charge is -2.28. The molecule has 0 atom stereocenters. The molecule has 0 aliphatic heterocycles. The Labute approximate surface area is 125 Å². The van der Waals surface area contributed by atoms with Gasteiger partial charge < -0.3 is 14.6 Å². The molecule has 2 rings (SSSR count).